The topological polar surface area (TPSA) is 9.23 Å². The Kier molecular flexibility index (Phi) is 8.45. The molecule has 0 aliphatic carbocycles. The van der Waals surface area contributed by atoms with Gasteiger partial charge in [0, 0.05) is 23.3 Å². The first-order valence-corrected chi connectivity index (χ1v) is 12.1. The molecule has 0 amide bonds. The Labute approximate surface area is 212 Å². The van der Waals surface area contributed by atoms with Crippen molar-refractivity contribution in [3.05, 3.63) is 112 Å². The zero-order valence-corrected chi connectivity index (χ0v) is 20.3. The van der Waals surface area contributed by atoms with E-state index in [-0.39, 0.29) is 35.5 Å². The number of halogens is 5. The molecule has 0 saturated heterocycles. The molecular formula is C31H25F5O. The fourth-order valence-corrected chi connectivity index (χ4v) is 4.03. The highest BCUT2D eigenvalue weighted by Gasteiger charge is 2.14. The van der Waals surface area contributed by atoms with E-state index in [2.05, 4.69) is 11.8 Å². The molecular weight excluding hydrogens is 483 g/mol. The van der Waals surface area contributed by atoms with Crippen LogP contribution in [0.5, 0.6) is 5.75 Å². The lowest BCUT2D eigenvalue weighted by molar-refractivity contribution is 0.302. The molecule has 0 N–H and O–H groups in total. The van der Waals surface area contributed by atoms with Crippen LogP contribution in [-0.4, -0.2) is 6.61 Å². The molecule has 0 fully saturated rings. The molecule has 0 aliphatic heterocycles. The summed E-state index contributed by atoms with van der Waals surface area (Å²) in [6.45, 7) is 2.42. The minimum absolute atomic E-state index is 0.0350. The number of aryl methyl sites for hydroxylation is 1. The summed E-state index contributed by atoms with van der Waals surface area (Å²) < 4.78 is 77.1. The van der Waals surface area contributed by atoms with Gasteiger partial charge in [-0.25, -0.2) is 22.0 Å². The third-order valence-corrected chi connectivity index (χ3v) is 6.03. The molecule has 0 saturated carbocycles. The van der Waals surface area contributed by atoms with Crippen LogP contribution in [0.3, 0.4) is 0 Å². The molecule has 0 radical (unpaired) electrons. The minimum Gasteiger partial charge on any atom is -0.493 e. The van der Waals surface area contributed by atoms with Crippen molar-refractivity contribution >= 4 is 10.8 Å². The lowest BCUT2D eigenvalue weighted by Gasteiger charge is -2.10. The third kappa shape index (κ3) is 6.68. The van der Waals surface area contributed by atoms with E-state index in [1.165, 1.54) is 12.1 Å². The molecule has 6 heteroatoms. The summed E-state index contributed by atoms with van der Waals surface area (Å²) in [5.41, 5.74) is 0.212. The second kappa shape index (κ2) is 11.9. The summed E-state index contributed by atoms with van der Waals surface area (Å²) in [6.07, 6.45) is 2.73. The van der Waals surface area contributed by atoms with Gasteiger partial charge in [0.25, 0.3) is 0 Å². The van der Waals surface area contributed by atoms with Crippen molar-refractivity contribution < 1.29 is 26.7 Å². The Morgan fingerprint density at radius 3 is 2.05 bits per heavy atom. The van der Waals surface area contributed by atoms with E-state index < -0.39 is 28.8 Å². The van der Waals surface area contributed by atoms with Crippen molar-refractivity contribution in [2.45, 2.75) is 39.0 Å². The van der Waals surface area contributed by atoms with E-state index in [1.54, 1.807) is 24.3 Å². The molecule has 0 heterocycles. The highest BCUT2D eigenvalue weighted by molar-refractivity contribution is 5.84. The summed E-state index contributed by atoms with van der Waals surface area (Å²) in [6, 6.07) is 13.9. The SMILES string of the molecule is CCCCCOc1cc(F)c(CCc2cc(F)c(C#Cc3ccc4cc(F)ccc4c3)c(F)c2)c(F)c1. The van der Waals surface area contributed by atoms with E-state index >= 15 is 0 Å². The Hall–Kier alpha value is -3.85. The van der Waals surface area contributed by atoms with Gasteiger partial charge >= 0.3 is 0 Å². The third-order valence-electron chi connectivity index (χ3n) is 6.03. The maximum atomic E-state index is 14.7. The van der Waals surface area contributed by atoms with Crippen molar-refractivity contribution in [1.29, 1.82) is 0 Å². The maximum Gasteiger partial charge on any atom is 0.142 e. The van der Waals surface area contributed by atoms with Gasteiger partial charge in [-0.05, 0) is 72.0 Å². The first kappa shape index (κ1) is 26.2. The number of hydrogen-bond donors (Lipinski definition) is 0. The van der Waals surface area contributed by atoms with Crippen molar-refractivity contribution in [2.75, 3.05) is 6.61 Å². The molecule has 0 atom stereocenters. The van der Waals surface area contributed by atoms with Gasteiger partial charge in [-0.1, -0.05) is 43.7 Å². The number of hydrogen-bond acceptors (Lipinski definition) is 1. The number of benzene rings is 4. The average Bonchev–Trinajstić information content (AvgIpc) is 2.85. The monoisotopic (exact) mass is 508 g/mol. The fourth-order valence-electron chi connectivity index (χ4n) is 4.03. The van der Waals surface area contributed by atoms with Crippen LogP contribution in [-0.2, 0) is 12.8 Å². The normalized spacial score (nSPS) is 10.9. The van der Waals surface area contributed by atoms with Gasteiger partial charge in [0.2, 0.25) is 0 Å². The summed E-state index contributed by atoms with van der Waals surface area (Å²) in [7, 11) is 0. The van der Waals surface area contributed by atoms with Crippen molar-refractivity contribution in [2.24, 2.45) is 0 Å². The largest absolute Gasteiger partial charge is 0.493 e. The summed E-state index contributed by atoms with van der Waals surface area (Å²) in [5, 5.41) is 1.44. The van der Waals surface area contributed by atoms with Crippen LogP contribution in [0, 0.1) is 40.9 Å². The molecule has 0 unspecified atom stereocenters. The highest BCUT2D eigenvalue weighted by Crippen LogP contribution is 2.24. The lowest BCUT2D eigenvalue weighted by atomic mass is 10.0. The standard InChI is InChI=1S/C31H25F5O/c1-2-3-4-13-37-25-18-30(35)27(31(36)19-25)12-7-21-15-28(33)26(29(34)16-21)11-6-20-5-8-23-17-24(32)10-9-22(23)14-20/h5,8-10,14-19H,2-4,7,12-13H2,1H3. The van der Waals surface area contributed by atoms with Gasteiger partial charge in [0.1, 0.15) is 34.8 Å². The Morgan fingerprint density at radius 2 is 1.35 bits per heavy atom. The van der Waals surface area contributed by atoms with Gasteiger partial charge in [0.15, 0.2) is 0 Å². The molecule has 190 valence electrons. The van der Waals surface area contributed by atoms with Crippen LogP contribution in [0.4, 0.5) is 22.0 Å². The first-order valence-electron chi connectivity index (χ1n) is 12.1. The number of ether oxygens (including phenoxy) is 1. The Balaban J connectivity index is 1.46. The predicted molar refractivity (Wildman–Crippen MR) is 135 cm³/mol. The smallest absolute Gasteiger partial charge is 0.142 e. The summed E-state index contributed by atoms with van der Waals surface area (Å²) in [4.78, 5) is 0. The van der Waals surface area contributed by atoms with E-state index in [9.17, 15) is 22.0 Å². The fraction of sp³-hybridized carbons (Fsp3) is 0.226. The Morgan fingerprint density at radius 1 is 0.676 bits per heavy atom. The van der Waals surface area contributed by atoms with Crippen molar-refractivity contribution in [1.82, 2.24) is 0 Å². The van der Waals surface area contributed by atoms with Gasteiger partial charge < -0.3 is 4.74 Å². The van der Waals surface area contributed by atoms with Gasteiger partial charge in [-0.15, -0.1) is 0 Å². The number of rotatable bonds is 8. The molecule has 0 spiro atoms. The first-order chi connectivity index (χ1) is 17.8. The van der Waals surface area contributed by atoms with Gasteiger partial charge in [0.05, 0.1) is 12.2 Å². The second-order valence-electron chi connectivity index (χ2n) is 8.81. The molecule has 37 heavy (non-hydrogen) atoms. The van der Waals surface area contributed by atoms with Crippen LogP contribution in [0.15, 0.2) is 60.7 Å². The van der Waals surface area contributed by atoms with Crippen molar-refractivity contribution in [3.63, 3.8) is 0 Å². The predicted octanol–water partition coefficient (Wildman–Crippen LogP) is 8.29. The molecule has 0 aliphatic rings. The van der Waals surface area contributed by atoms with E-state index in [0.29, 0.717) is 17.6 Å². The van der Waals surface area contributed by atoms with E-state index in [4.69, 9.17) is 4.74 Å². The zero-order chi connectivity index (χ0) is 26.4. The summed E-state index contributed by atoms with van der Waals surface area (Å²) >= 11 is 0. The number of fused-ring (bicyclic) bond motifs is 1. The molecule has 4 aromatic rings. The molecule has 4 rings (SSSR count). The van der Waals surface area contributed by atoms with Crippen molar-refractivity contribution in [3.8, 4) is 17.6 Å². The molecule has 1 nitrogen and oxygen atoms in total. The van der Waals surface area contributed by atoms with Crippen LogP contribution in [0.25, 0.3) is 10.8 Å². The van der Waals surface area contributed by atoms with Crippen LogP contribution >= 0.6 is 0 Å². The Bertz CT molecular complexity index is 1440. The highest BCUT2D eigenvalue weighted by atomic mass is 19.1. The maximum absolute atomic E-state index is 14.7. The molecule has 4 aromatic carbocycles. The lowest BCUT2D eigenvalue weighted by Crippen LogP contribution is -2.03. The summed E-state index contributed by atoms with van der Waals surface area (Å²) in [5.74, 6) is 1.78. The molecule has 0 aromatic heterocycles. The zero-order valence-electron chi connectivity index (χ0n) is 20.3. The number of unbranched alkanes of at least 4 members (excludes halogenated alkanes) is 2. The van der Waals surface area contributed by atoms with Gasteiger partial charge in [-0.2, -0.15) is 0 Å². The second-order valence-corrected chi connectivity index (χ2v) is 8.81. The average molecular weight is 509 g/mol. The van der Waals surface area contributed by atoms with Crippen LogP contribution in [0.1, 0.15) is 48.4 Å². The van der Waals surface area contributed by atoms with E-state index in [0.717, 1.165) is 48.9 Å². The van der Waals surface area contributed by atoms with Gasteiger partial charge in [-0.3, -0.25) is 0 Å². The molecule has 0 bridgehead atoms. The van der Waals surface area contributed by atoms with Crippen LogP contribution in [0.2, 0.25) is 0 Å². The van der Waals surface area contributed by atoms with Crippen LogP contribution < -0.4 is 4.74 Å². The minimum atomic E-state index is -0.859. The van der Waals surface area contributed by atoms with E-state index in [1.807, 2.05) is 6.92 Å². The quantitative estimate of drug-likeness (QED) is 0.132.